The third kappa shape index (κ3) is 4.74. The van der Waals surface area contributed by atoms with Crippen LogP contribution in [0, 0.1) is 0 Å². The lowest BCUT2D eigenvalue weighted by Crippen LogP contribution is -2.45. The molecule has 8 heteroatoms. The second-order valence-corrected chi connectivity index (χ2v) is 5.35. The monoisotopic (exact) mass is 340 g/mol. The van der Waals surface area contributed by atoms with Gasteiger partial charge < -0.3 is 10.2 Å². The number of halogens is 3. The summed E-state index contributed by atoms with van der Waals surface area (Å²) in [7, 11) is 0. The van der Waals surface area contributed by atoms with Crippen LogP contribution in [0.5, 0.6) is 0 Å². The van der Waals surface area contributed by atoms with Crippen LogP contribution >= 0.6 is 0 Å². The first-order chi connectivity index (χ1) is 11.3. The van der Waals surface area contributed by atoms with Crippen LogP contribution in [0.2, 0.25) is 0 Å². The average molecular weight is 340 g/mol. The third-order valence-electron chi connectivity index (χ3n) is 3.50. The Morgan fingerprint density at radius 2 is 2.00 bits per heavy atom. The molecule has 2 amide bonds. The molecule has 0 spiro atoms. The molecule has 1 N–H and O–H groups in total. The number of benzene rings is 1. The number of carbonyl (C=O) groups is 1. The summed E-state index contributed by atoms with van der Waals surface area (Å²) in [4.78, 5) is 12.7. The summed E-state index contributed by atoms with van der Waals surface area (Å²) in [6.45, 7) is 1.90. The molecule has 0 saturated heterocycles. The minimum Gasteiger partial charge on any atom is -0.331 e. The molecule has 0 unspecified atom stereocenters. The van der Waals surface area contributed by atoms with Crippen LogP contribution in [0.15, 0.2) is 42.7 Å². The lowest BCUT2D eigenvalue weighted by Gasteiger charge is -2.24. The molecule has 0 aliphatic rings. The van der Waals surface area contributed by atoms with E-state index in [4.69, 9.17) is 0 Å². The van der Waals surface area contributed by atoms with E-state index in [1.165, 1.54) is 6.92 Å². The first-order valence-corrected chi connectivity index (χ1v) is 7.52. The molecule has 0 aliphatic heterocycles. The number of alkyl halides is 3. The Balaban J connectivity index is 2.03. The Bertz CT molecular complexity index is 669. The molecule has 1 heterocycles. The lowest BCUT2D eigenvalue weighted by atomic mass is 10.2. The van der Waals surface area contributed by atoms with Crippen molar-refractivity contribution < 1.29 is 18.0 Å². The number of urea groups is 1. The second kappa shape index (κ2) is 7.37. The van der Waals surface area contributed by atoms with Gasteiger partial charge in [0.2, 0.25) is 0 Å². The molecule has 130 valence electrons. The van der Waals surface area contributed by atoms with Gasteiger partial charge in [0.25, 0.3) is 0 Å². The Labute approximate surface area is 138 Å². The summed E-state index contributed by atoms with van der Waals surface area (Å²) in [6, 6.07) is 8.17. The van der Waals surface area contributed by atoms with Crippen molar-refractivity contribution >= 4 is 6.03 Å². The van der Waals surface area contributed by atoms with Crippen molar-refractivity contribution in [2.75, 3.05) is 13.1 Å². The molecule has 0 aliphatic carbocycles. The van der Waals surface area contributed by atoms with E-state index in [2.05, 4.69) is 10.4 Å². The highest BCUT2D eigenvalue weighted by Gasteiger charge is 2.32. The smallest absolute Gasteiger partial charge is 0.331 e. The fourth-order valence-electron chi connectivity index (χ4n) is 2.19. The molecule has 2 aromatic rings. The molecule has 0 fully saturated rings. The van der Waals surface area contributed by atoms with E-state index < -0.39 is 24.8 Å². The standard InChI is InChI=1S/C16H19F3N4O/c1-3-22(11-16(17,18)19)15(24)21-12(2)13-9-20-23(10-13)14-7-5-4-6-8-14/h4-10,12H,3,11H2,1-2H3,(H,21,24)/t12-/m0/s1. The normalized spacial score (nSPS) is 12.7. The average Bonchev–Trinajstić information content (AvgIpc) is 3.02. The van der Waals surface area contributed by atoms with Gasteiger partial charge in [0.15, 0.2) is 0 Å². The molecular formula is C16H19F3N4O. The summed E-state index contributed by atoms with van der Waals surface area (Å²) in [6.07, 6.45) is -1.10. The summed E-state index contributed by atoms with van der Waals surface area (Å²) in [5, 5.41) is 6.78. The number of hydrogen-bond donors (Lipinski definition) is 1. The minimum absolute atomic E-state index is 0.0264. The highest BCUT2D eigenvalue weighted by Crippen LogP contribution is 2.18. The highest BCUT2D eigenvalue weighted by atomic mass is 19.4. The zero-order chi connectivity index (χ0) is 17.7. The van der Waals surface area contributed by atoms with Gasteiger partial charge in [-0.25, -0.2) is 9.48 Å². The topological polar surface area (TPSA) is 50.2 Å². The zero-order valence-electron chi connectivity index (χ0n) is 13.4. The van der Waals surface area contributed by atoms with E-state index in [0.717, 1.165) is 10.6 Å². The predicted molar refractivity (Wildman–Crippen MR) is 83.8 cm³/mol. The Hall–Kier alpha value is -2.51. The van der Waals surface area contributed by atoms with Crippen LogP contribution in [0.25, 0.3) is 5.69 Å². The van der Waals surface area contributed by atoms with E-state index in [-0.39, 0.29) is 6.54 Å². The van der Waals surface area contributed by atoms with Crippen LogP contribution in [-0.2, 0) is 0 Å². The number of aromatic nitrogens is 2. The van der Waals surface area contributed by atoms with E-state index in [1.807, 2.05) is 30.3 Å². The van der Waals surface area contributed by atoms with Crippen LogP contribution in [-0.4, -0.2) is 40.0 Å². The van der Waals surface area contributed by atoms with E-state index in [1.54, 1.807) is 24.0 Å². The molecule has 0 bridgehead atoms. The molecule has 1 aromatic carbocycles. The molecule has 0 radical (unpaired) electrons. The number of nitrogens with one attached hydrogen (secondary N) is 1. The SMILES string of the molecule is CCN(CC(F)(F)F)C(=O)N[C@@H](C)c1cnn(-c2ccccc2)c1. The second-order valence-electron chi connectivity index (χ2n) is 5.35. The number of hydrogen-bond acceptors (Lipinski definition) is 2. The number of para-hydroxylation sites is 1. The fraction of sp³-hybridized carbons (Fsp3) is 0.375. The maximum absolute atomic E-state index is 12.5. The van der Waals surface area contributed by atoms with Crippen molar-refractivity contribution in [2.45, 2.75) is 26.1 Å². The van der Waals surface area contributed by atoms with Gasteiger partial charge in [0.1, 0.15) is 6.54 Å². The summed E-state index contributed by atoms with van der Waals surface area (Å²) in [5.74, 6) is 0. The van der Waals surface area contributed by atoms with Gasteiger partial charge in [-0.2, -0.15) is 18.3 Å². The van der Waals surface area contributed by atoms with Crippen molar-refractivity contribution in [1.82, 2.24) is 20.0 Å². The number of rotatable bonds is 5. The van der Waals surface area contributed by atoms with Crippen molar-refractivity contribution in [2.24, 2.45) is 0 Å². The Kier molecular flexibility index (Phi) is 5.48. The van der Waals surface area contributed by atoms with E-state index in [0.29, 0.717) is 5.56 Å². The van der Waals surface area contributed by atoms with Crippen molar-refractivity contribution in [3.8, 4) is 5.69 Å². The molecule has 1 aromatic heterocycles. The Morgan fingerprint density at radius 3 is 2.58 bits per heavy atom. The van der Waals surface area contributed by atoms with Crippen molar-refractivity contribution in [3.63, 3.8) is 0 Å². The molecule has 24 heavy (non-hydrogen) atoms. The van der Waals surface area contributed by atoms with Gasteiger partial charge in [-0.1, -0.05) is 18.2 Å². The molecule has 0 saturated carbocycles. The van der Waals surface area contributed by atoms with E-state index in [9.17, 15) is 18.0 Å². The number of nitrogens with zero attached hydrogens (tertiary/aromatic N) is 3. The van der Waals surface area contributed by atoms with E-state index >= 15 is 0 Å². The maximum atomic E-state index is 12.5. The largest absolute Gasteiger partial charge is 0.406 e. The molecular weight excluding hydrogens is 321 g/mol. The van der Waals surface area contributed by atoms with Crippen LogP contribution in [0.1, 0.15) is 25.5 Å². The van der Waals surface area contributed by atoms with Gasteiger partial charge in [-0.15, -0.1) is 0 Å². The van der Waals surface area contributed by atoms with Crippen LogP contribution in [0.3, 0.4) is 0 Å². The van der Waals surface area contributed by atoms with Crippen molar-refractivity contribution in [1.29, 1.82) is 0 Å². The molecule has 1 atom stereocenters. The summed E-state index contributed by atoms with van der Waals surface area (Å²) < 4.78 is 39.1. The zero-order valence-corrected chi connectivity index (χ0v) is 13.4. The number of amides is 2. The van der Waals surface area contributed by atoms with Gasteiger partial charge in [0.05, 0.1) is 17.9 Å². The molecule has 5 nitrogen and oxygen atoms in total. The third-order valence-corrected chi connectivity index (χ3v) is 3.50. The first kappa shape index (κ1) is 17.8. The Morgan fingerprint density at radius 1 is 1.33 bits per heavy atom. The minimum atomic E-state index is -4.42. The number of carbonyl (C=O) groups excluding carboxylic acids is 1. The fourth-order valence-corrected chi connectivity index (χ4v) is 2.19. The van der Waals surface area contributed by atoms with Gasteiger partial charge >= 0.3 is 12.2 Å². The van der Waals surface area contributed by atoms with Crippen LogP contribution < -0.4 is 5.32 Å². The van der Waals surface area contributed by atoms with Gasteiger partial charge in [-0.3, -0.25) is 0 Å². The van der Waals surface area contributed by atoms with Crippen LogP contribution in [0.4, 0.5) is 18.0 Å². The quantitative estimate of drug-likeness (QED) is 0.905. The predicted octanol–water partition coefficient (Wildman–Crippen LogP) is 3.53. The summed E-state index contributed by atoms with van der Waals surface area (Å²) in [5.41, 5.74) is 1.56. The highest BCUT2D eigenvalue weighted by molar-refractivity contribution is 5.74. The van der Waals surface area contributed by atoms with Gasteiger partial charge in [0, 0.05) is 18.3 Å². The summed E-state index contributed by atoms with van der Waals surface area (Å²) >= 11 is 0. The maximum Gasteiger partial charge on any atom is 0.406 e. The van der Waals surface area contributed by atoms with Gasteiger partial charge in [-0.05, 0) is 26.0 Å². The first-order valence-electron chi connectivity index (χ1n) is 7.52. The van der Waals surface area contributed by atoms with Crippen molar-refractivity contribution in [3.05, 3.63) is 48.3 Å². The lowest BCUT2D eigenvalue weighted by molar-refractivity contribution is -0.139. The molecule has 2 rings (SSSR count).